The lowest BCUT2D eigenvalue weighted by Crippen LogP contribution is -2.45. The molecule has 1 unspecified atom stereocenters. The van der Waals surface area contributed by atoms with E-state index >= 15 is 0 Å². The van der Waals surface area contributed by atoms with Crippen LogP contribution in [0, 0.1) is 5.92 Å². The SMILES string of the molecule is CCC(C)CNCCOCCOCCOCCN1CCN(C)CC1. The van der Waals surface area contributed by atoms with Crippen molar-refractivity contribution in [3.8, 4) is 0 Å². The topological polar surface area (TPSA) is 46.2 Å². The summed E-state index contributed by atoms with van der Waals surface area (Å²) in [5.41, 5.74) is 0. The van der Waals surface area contributed by atoms with Gasteiger partial charge >= 0.3 is 0 Å². The number of likely N-dealkylation sites (N-methyl/N-ethyl adjacent to an activating group) is 1. The van der Waals surface area contributed by atoms with Gasteiger partial charge in [0.1, 0.15) is 0 Å². The summed E-state index contributed by atoms with van der Waals surface area (Å²) in [7, 11) is 2.18. The second-order valence-electron chi connectivity index (χ2n) is 6.70. The first-order chi connectivity index (χ1) is 11.7. The highest BCUT2D eigenvalue weighted by atomic mass is 16.5. The molecule has 6 heteroatoms. The average molecular weight is 346 g/mol. The summed E-state index contributed by atoms with van der Waals surface area (Å²) in [5, 5.41) is 3.40. The molecule has 0 saturated carbocycles. The molecule has 0 aliphatic carbocycles. The van der Waals surface area contributed by atoms with Crippen molar-refractivity contribution >= 4 is 0 Å². The number of hydrogen-bond acceptors (Lipinski definition) is 6. The van der Waals surface area contributed by atoms with Crippen molar-refractivity contribution < 1.29 is 14.2 Å². The van der Waals surface area contributed by atoms with E-state index in [0.29, 0.717) is 26.4 Å². The summed E-state index contributed by atoms with van der Waals surface area (Å²) in [6.45, 7) is 16.3. The van der Waals surface area contributed by atoms with Gasteiger partial charge in [0.2, 0.25) is 0 Å². The van der Waals surface area contributed by atoms with Gasteiger partial charge in [-0.05, 0) is 19.5 Å². The molecule has 1 aliphatic rings. The van der Waals surface area contributed by atoms with Crippen molar-refractivity contribution in [1.82, 2.24) is 15.1 Å². The summed E-state index contributed by atoms with van der Waals surface area (Å²) >= 11 is 0. The zero-order valence-electron chi connectivity index (χ0n) is 16.1. The Kier molecular flexibility index (Phi) is 13.7. The summed E-state index contributed by atoms with van der Waals surface area (Å²) in [4.78, 5) is 4.83. The average Bonchev–Trinajstić information content (AvgIpc) is 2.60. The van der Waals surface area contributed by atoms with Crippen LogP contribution in [0.4, 0.5) is 0 Å². The normalized spacial score (nSPS) is 18.1. The van der Waals surface area contributed by atoms with Gasteiger partial charge in [0.25, 0.3) is 0 Å². The van der Waals surface area contributed by atoms with E-state index < -0.39 is 0 Å². The maximum Gasteiger partial charge on any atom is 0.0701 e. The quantitative estimate of drug-likeness (QED) is 0.445. The van der Waals surface area contributed by atoms with Crippen molar-refractivity contribution in [3.63, 3.8) is 0 Å². The number of hydrogen-bond donors (Lipinski definition) is 1. The van der Waals surface area contributed by atoms with Crippen LogP contribution in [0.25, 0.3) is 0 Å². The fraction of sp³-hybridized carbons (Fsp3) is 1.00. The van der Waals surface area contributed by atoms with E-state index in [-0.39, 0.29) is 0 Å². The second-order valence-corrected chi connectivity index (χ2v) is 6.70. The highest BCUT2D eigenvalue weighted by Gasteiger charge is 2.12. The Bertz CT molecular complexity index is 274. The van der Waals surface area contributed by atoms with E-state index in [4.69, 9.17) is 14.2 Å². The van der Waals surface area contributed by atoms with Gasteiger partial charge in [-0.15, -0.1) is 0 Å². The number of ether oxygens (including phenoxy) is 3. The molecule has 1 heterocycles. The smallest absolute Gasteiger partial charge is 0.0701 e. The summed E-state index contributed by atoms with van der Waals surface area (Å²) in [6.07, 6.45) is 1.22. The van der Waals surface area contributed by atoms with Crippen LogP contribution in [-0.2, 0) is 14.2 Å². The second kappa shape index (κ2) is 15.0. The molecule has 0 aromatic heterocycles. The van der Waals surface area contributed by atoms with E-state index in [1.54, 1.807) is 0 Å². The molecular weight excluding hydrogens is 306 g/mol. The molecule has 1 rings (SSSR count). The van der Waals surface area contributed by atoms with Crippen molar-refractivity contribution in [3.05, 3.63) is 0 Å². The minimum Gasteiger partial charge on any atom is -0.378 e. The molecule has 1 atom stereocenters. The molecular formula is C18H39N3O3. The monoisotopic (exact) mass is 345 g/mol. The molecule has 144 valence electrons. The van der Waals surface area contributed by atoms with Gasteiger partial charge in [-0.2, -0.15) is 0 Å². The molecule has 24 heavy (non-hydrogen) atoms. The summed E-state index contributed by atoms with van der Waals surface area (Å²) < 4.78 is 16.7. The maximum absolute atomic E-state index is 5.62. The molecule has 1 N–H and O–H groups in total. The van der Waals surface area contributed by atoms with Crippen LogP contribution in [0.3, 0.4) is 0 Å². The first-order valence-corrected chi connectivity index (χ1v) is 9.57. The van der Waals surface area contributed by atoms with Crippen molar-refractivity contribution in [1.29, 1.82) is 0 Å². The lowest BCUT2D eigenvalue weighted by molar-refractivity contribution is 0.00891. The third-order valence-electron chi connectivity index (χ3n) is 4.50. The number of nitrogens with zero attached hydrogens (tertiary/aromatic N) is 2. The van der Waals surface area contributed by atoms with E-state index in [1.807, 2.05) is 0 Å². The zero-order chi connectivity index (χ0) is 17.5. The van der Waals surface area contributed by atoms with Gasteiger partial charge in [-0.25, -0.2) is 0 Å². The predicted octanol–water partition coefficient (Wildman–Crippen LogP) is 0.919. The van der Waals surface area contributed by atoms with E-state index in [2.05, 4.69) is 36.0 Å². The van der Waals surface area contributed by atoms with Crippen LogP contribution in [-0.4, -0.2) is 102 Å². The fourth-order valence-electron chi connectivity index (χ4n) is 2.44. The molecule has 0 aromatic rings. The van der Waals surface area contributed by atoms with Gasteiger partial charge in [0.05, 0.1) is 39.6 Å². The number of piperazine rings is 1. The van der Waals surface area contributed by atoms with Gasteiger partial charge in [-0.3, -0.25) is 4.90 Å². The Labute approximate surface area is 148 Å². The minimum absolute atomic E-state index is 0.646. The Morgan fingerprint density at radius 2 is 1.46 bits per heavy atom. The van der Waals surface area contributed by atoms with E-state index in [9.17, 15) is 0 Å². The zero-order valence-corrected chi connectivity index (χ0v) is 16.1. The van der Waals surface area contributed by atoms with Crippen LogP contribution in [0.15, 0.2) is 0 Å². The van der Waals surface area contributed by atoms with Crippen LogP contribution in [0.2, 0.25) is 0 Å². The first kappa shape index (κ1) is 21.8. The Balaban J connectivity index is 1.72. The van der Waals surface area contributed by atoms with Crippen molar-refractivity contribution in [2.75, 3.05) is 92.5 Å². The number of nitrogens with one attached hydrogen (secondary N) is 1. The summed E-state index contributed by atoms with van der Waals surface area (Å²) in [5.74, 6) is 0.740. The lowest BCUT2D eigenvalue weighted by Gasteiger charge is -2.32. The Morgan fingerprint density at radius 1 is 0.875 bits per heavy atom. The van der Waals surface area contributed by atoms with Gasteiger partial charge < -0.3 is 24.4 Å². The molecule has 0 aromatic carbocycles. The number of rotatable bonds is 15. The van der Waals surface area contributed by atoms with Crippen molar-refractivity contribution in [2.24, 2.45) is 5.92 Å². The highest BCUT2D eigenvalue weighted by molar-refractivity contribution is 4.68. The molecule has 1 fully saturated rings. The third kappa shape index (κ3) is 12.2. The third-order valence-corrected chi connectivity index (χ3v) is 4.50. The largest absolute Gasteiger partial charge is 0.378 e. The molecule has 0 bridgehead atoms. The van der Waals surface area contributed by atoms with Crippen LogP contribution in [0.5, 0.6) is 0 Å². The molecule has 6 nitrogen and oxygen atoms in total. The Hall–Kier alpha value is -0.240. The molecule has 1 aliphatic heterocycles. The predicted molar refractivity (Wildman–Crippen MR) is 98.7 cm³/mol. The van der Waals surface area contributed by atoms with E-state index in [0.717, 1.165) is 64.9 Å². The molecule has 0 radical (unpaired) electrons. The summed E-state index contributed by atoms with van der Waals surface area (Å²) in [6, 6.07) is 0. The fourth-order valence-corrected chi connectivity index (χ4v) is 2.44. The van der Waals surface area contributed by atoms with Gasteiger partial charge in [0.15, 0.2) is 0 Å². The molecule has 1 saturated heterocycles. The van der Waals surface area contributed by atoms with Crippen LogP contribution >= 0.6 is 0 Å². The lowest BCUT2D eigenvalue weighted by atomic mass is 10.1. The van der Waals surface area contributed by atoms with Crippen molar-refractivity contribution in [2.45, 2.75) is 20.3 Å². The minimum atomic E-state index is 0.646. The van der Waals surface area contributed by atoms with Gasteiger partial charge in [0, 0.05) is 39.3 Å². The van der Waals surface area contributed by atoms with Gasteiger partial charge in [-0.1, -0.05) is 20.3 Å². The standard InChI is InChI=1S/C18H39N3O3/c1-4-18(2)17-19-5-11-22-13-15-24-16-14-23-12-10-21-8-6-20(3)7-9-21/h18-19H,4-17H2,1-3H3. The van der Waals surface area contributed by atoms with Crippen LogP contribution in [0.1, 0.15) is 20.3 Å². The van der Waals surface area contributed by atoms with E-state index in [1.165, 1.54) is 6.42 Å². The molecule has 0 spiro atoms. The Morgan fingerprint density at radius 3 is 2.08 bits per heavy atom. The van der Waals surface area contributed by atoms with Crippen LogP contribution < -0.4 is 5.32 Å². The first-order valence-electron chi connectivity index (χ1n) is 9.57. The molecule has 0 amide bonds. The maximum atomic E-state index is 5.62. The highest BCUT2D eigenvalue weighted by Crippen LogP contribution is 1.98.